The highest BCUT2D eigenvalue weighted by Gasteiger charge is 2.35. The summed E-state index contributed by atoms with van der Waals surface area (Å²) in [6, 6.07) is 10.9. The SMILES string of the molecule is NC(=O)c1ccc(Oc2ccc3c(c2)CCC3NC2CCCCC2C2CCCCC2)nc1. The van der Waals surface area contributed by atoms with Crippen LogP contribution in [0.15, 0.2) is 36.5 Å². The molecule has 3 aliphatic carbocycles. The summed E-state index contributed by atoms with van der Waals surface area (Å²) in [6.07, 6.45) is 16.4. The van der Waals surface area contributed by atoms with Crippen LogP contribution in [-0.2, 0) is 6.42 Å². The van der Waals surface area contributed by atoms with Crippen molar-refractivity contribution in [1.82, 2.24) is 10.3 Å². The fourth-order valence-electron chi connectivity index (χ4n) is 6.29. The van der Waals surface area contributed by atoms with Gasteiger partial charge in [0, 0.05) is 24.3 Å². The molecule has 0 spiro atoms. The summed E-state index contributed by atoms with van der Waals surface area (Å²) in [4.78, 5) is 15.4. The molecule has 0 aliphatic heterocycles. The van der Waals surface area contributed by atoms with E-state index in [9.17, 15) is 4.79 Å². The van der Waals surface area contributed by atoms with Crippen molar-refractivity contribution in [3.05, 3.63) is 53.2 Å². The normalized spacial score (nSPS) is 25.9. The van der Waals surface area contributed by atoms with Gasteiger partial charge in [-0.2, -0.15) is 0 Å². The van der Waals surface area contributed by atoms with E-state index in [1.54, 1.807) is 12.1 Å². The van der Waals surface area contributed by atoms with Gasteiger partial charge in [-0.1, -0.05) is 51.0 Å². The lowest BCUT2D eigenvalue weighted by atomic mass is 9.70. The van der Waals surface area contributed by atoms with Crippen molar-refractivity contribution in [2.24, 2.45) is 17.6 Å². The van der Waals surface area contributed by atoms with Crippen LogP contribution in [0.2, 0.25) is 0 Å². The first kappa shape index (κ1) is 21.4. The number of hydrogen-bond donors (Lipinski definition) is 2. The van der Waals surface area contributed by atoms with Crippen LogP contribution in [0, 0.1) is 11.8 Å². The zero-order valence-electron chi connectivity index (χ0n) is 18.9. The maximum absolute atomic E-state index is 11.2. The third kappa shape index (κ3) is 4.68. The van der Waals surface area contributed by atoms with Gasteiger partial charge in [0.15, 0.2) is 0 Å². The molecule has 2 saturated carbocycles. The summed E-state index contributed by atoms with van der Waals surface area (Å²) < 4.78 is 5.94. The average molecular weight is 434 g/mol. The molecule has 3 aliphatic rings. The van der Waals surface area contributed by atoms with Gasteiger partial charge in [0.2, 0.25) is 11.8 Å². The lowest BCUT2D eigenvalue weighted by molar-refractivity contribution is 0.1000. The maximum Gasteiger partial charge on any atom is 0.250 e. The Balaban J connectivity index is 1.25. The zero-order valence-corrected chi connectivity index (χ0v) is 18.9. The summed E-state index contributed by atoms with van der Waals surface area (Å²) >= 11 is 0. The molecule has 1 aromatic carbocycles. The van der Waals surface area contributed by atoms with Gasteiger partial charge in [-0.3, -0.25) is 4.79 Å². The van der Waals surface area contributed by atoms with Crippen LogP contribution < -0.4 is 15.8 Å². The Morgan fingerprint density at radius 3 is 2.56 bits per heavy atom. The van der Waals surface area contributed by atoms with Crippen LogP contribution in [0.1, 0.15) is 91.7 Å². The number of nitrogens with two attached hydrogens (primary N) is 1. The Bertz CT molecular complexity index is 936. The van der Waals surface area contributed by atoms with Gasteiger partial charge < -0.3 is 15.8 Å². The van der Waals surface area contributed by atoms with E-state index >= 15 is 0 Å². The van der Waals surface area contributed by atoms with E-state index in [0.29, 0.717) is 23.5 Å². The van der Waals surface area contributed by atoms with Gasteiger partial charge in [0.25, 0.3) is 0 Å². The molecule has 32 heavy (non-hydrogen) atoms. The third-order valence-electron chi connectivity index (χ3n) is 7.93. The van der Waals surface area contributed by atoms with Crippen LogP contribution in [0.3, 0.4) is 0 Å². The Morgan fingerprint density at radius 1 is 0.969 bits per heavy atom. The third-order valence-corrected chi connectivity index (χ3v) is 7.93. The Kier molecular flexibility index (Phi) is 6.44. The molecular weight excluding hydrogens is 398 g/mol. The monoisotopic (exact) mass is 433 g/mol. The quantitative estimate of drug-likeness (QED) is 0.614. The Labute approximate surface area is 191 Å². The summed E-state index contributed by atoms with van der Waals surface area (Å²) in [6.45, 7) is 0. The van der Waals surface area contributed by atoms with Crippen LogP contribution in [0.25, 0.3) is 0 Å². The number of nitrogens with one attached hydrogen (secondary N) is 1. The molecule has 5 nitrogen and oxygen atoms in total. The lowest BCUT2D eigenvalue weighted by Crippen LogP contribution is -2.43. The summed E-state index contributed by atoms with van der Waals surface area (Å²) in [5, 5.41) is 4.11. The van der Waals surface area contributed by atoms with Crippen molar-refractivity contribution in [3.63, 3.8) is 0 Å². The summed E-state index contributed by atoms with van der Waals surface area (Å²) in [7, 11) is 0. The molecular formula is C27H35N3O2. The molecule has 170 valence electrons. The van der Waals surface area contributed by atoms with Crippen molar-refractivity contribution in [2.75, 3.05) is 0 Å². The minimum Gasteiger partial charge on any atom is -0.439 e. The van der Waals surface area contributed by atoms with Crippen LogP contribution in [0.4, 0.5) is 0 Å². The largest absolute Gasteiger partial charge is 0.439 e. The van der Waals surface area contributed by atoms with E-state index in [2.05, 4.69) is 22.4 Å². The first-order chi connectivity index (χ1) is 15.7. The fraction of sp³-hybridized carbons (Fsp3) is 0.556. The minimum atomic E-state index is -0.483. The van der Waals surface area contributed by atoms with Crippen LogP contribution in [0.5, 0.6) is 11.6 Å². The molecule has 0 bridgehead atoms. The molecule has 1 aromatic heterocycles. The van der Waals surface area contributed by atoms with Gasteiger partial charge in [0.05, 0.1) is 5.56 Å². The van der Waals surface area contributed by atoms with Gasteiger partial charge in [-0.05, 0) is 66.8 Å². The highest BCUT2D eigenvalue weighted by Crippen LogP contribution is 2.41. The molecule has 1 heterocycles. The number of primary amides is 1. The average Bonchev–Trinajstić information content (AvgIpc) is 3.22. The van der Waals surface area contributed by atoms with Crippen molar-refractivity contribution < 1.29 is 9.53 Å². The number of ether oxygens (including phenoxy) is 1. The van der Waals surface area contributed by atoms with Crippen molar-refractivity contribution in [1.29, 1.82) is 0 Å². The maximum atomic E-state index is 11.2. The Hall–Kier alpha value is -2.40. The highest BCUT2D eigenvalue weighted by atomic mass is 16.5. The van der Waals surface area contributed by atoms with E-state index in [1.165, 1.54) is 75.1 Å². The van der Waals surface area contributed by atoms with E-state index in [-0.39, 0.29) is 0 Å². The number of hydrogen-bond acceptors (Lipinski definition) is 4. The second kappa shape index (κ2) is 9.62. The van der Waals surface area contributed by atoms with E-state index in [4.69, 9.17) is 10.5 Å². The number of fused-ring (bicyclic) bond motifs is 1. The topological polar surface area (TPSA) is 77.2 Å². The number of aryl methyl sites for hydroxylation is 1. The van der Waals surface area contributed by atoms with Gasteiger partial charge >= 0.3 is 0 Å². The van der Waals surface area contributed by atoms with Crippen LogP contribution in [-0.4, -0.2) is 16.9 Å². The van der Waals surface area contributed by atoms with Crippen molar-refractivity contribution in [2.45, 2.75) is 82.7 Å². The predicted molar refractivity (Wildman–Crippen MR) is 126 cm³/mol. The second-order valence-corrected chi connectivity index (χ2v) is 9.92. The number of amides is 1. The lowest BCUT2D eigenvalue weighted by Gasteiger charge is -2.40. The fourth-order valence-corrected chi connectivity index (χ4v) is 6.29. The standard InChI is InChI=1S/C27H35N3O2/c28-27(31)20-11-15-26(29-17-20)32-21-12-13-23-19(16-21)10-14-25(23)30-24-9-5-4-8-22(24)18-6-2-1-3-7-18/h11-13,15-18,22,24-25,30H,1-10,14H2,(H2,28,31). The predicted octanol–water partition coefficient (Wildman–Crippen LogP) is 5.69. The molecule has 5 rings (SSSR count). The number of aromatic nitrogens is 1. The number of pyridine rings is 1. The number of carbonyl (C=O) groups is 1. The molecule has 2 fully saturated rings. The number of rotatable bonds is 6. The minimum absolute atomic E-state index is 0.384. The summed E-state index contributed by atoms with van der Waals surface area (Å²) in [5.41, 5.74) is 8.47. The van der Waals surface area contributed by atoms with Crippen molar-refractivity contribution >= 4 is 5.91 Å². The molecule has 3 atom stereocenters. The molecule has 0 radical (unpaired) electrons. The van der Waals surface area contributed by atoms with Gasteiger partial charge in [-0.15, -0.1) is 0 Å². The molecule has 3 N–H and O–H groups in total. The molecule has 5 heteroatoms. The van der Waals surface area contributed by atoms with E-state index < -0.39 is 5.91 Å². The zero-order chi connectivity index (χ0) is 21.9. The van der Waals surface area contributed by atoms with Gasteiger partial charge in [0.1, 0.15) is 5.75 Å². The van der Waals surface area contributed by atoms with Crippen molar-refractivity contribution in [3.8, 4) is 11.6 Å². The second-order valence-electron chi connectivity index (χ2n) is 9.92. The molecule has 2 aromatic rings. The van der Waals surface area contributed by atoms with Gasteiger partial charge in [-0.25, -0.2) is 4.98 Å². The Morgan fingerprint density at radius 2 is 1.78 bits per heavy atom. The van der Waals surface area contributed by atoms with E-state index in [1.807, 2.05) is 6.07 Å². The molecule has 1 amide bonds. The number of benzene rings is 1. The number of carbonyl (C=O) groups excluding carboxylic acids is 1. The van der Waals surface area contributed by atoms with E-state index in [0.717, 1.165) is 30.4 Å². The smallest absolute Gasteiger partial charge is 0.250 e. The highest BCUT2D eigenvalue weighted by molar-refractivity contribution is 5.92. The summed E-state index contributed by atoms with van der Waals surface area (Å²) in [5.74, 6) is 2.59. The molecule has 3 unspecified atom stereocenters. The first-order valence-corrected chi connectivity index (χ1v) is 12.5. The van der Waals surface area contributed by atoms with Crippen LogP contribution >= 0.6 is 0 Å². The molecule has 0 saturated heterocycles. The first-order valence-electron chi connectivity index (χ1n) is 12.5. The number of nitrogens with zero attached hydrogens (tertiary/aromatic N) is 1.